The molecule has 0 saturated carbocycles. The van der Waals surface area contributed by atoms with Gasteiger partial charge in [0, 0.05) is 19.2 Å². The van der Waals surface area contributed by atoms with E-state index < -0.39 is 0 Å². The van der Waals surface area contributed by atoms with Crippen LogP contribution in [-0.4, -0.2) is 24.1 Å². The summed E-state index contributed by atoms with van der Waals surface area (Å²) in [5.74, 6) is -0.382. The van der Waals surface area contributed by atoms with Gasteiger partial charge < -0.3 is 4.84 Å². The molecule has 3 heteroatoms. The molecular formula is C9H17NO2. The van der Waals surface area contributed by atoms with Gasteiger partial charge in [0.05, 0.1) is 0 Å². The minimum Gasteiger partial charge on any atom is -0.364 e. The number of rotatable bonds is 6. The molecule has 0 unspecified atom stereocenters. The van der Waals surface area contributed by atoms with Crippen molar-refractivity contribution in [3.8, 4) is 0 Å². The Labute approximate surface area is 74.0 Å². The fourth-order valence-electron chi connectivity index (χ4n) is 0.767. The molecule has 0 aliphatic rings. The van der Waals surface area contributed by atoms with Gasteiger partial charge in [-0.15, -0.1) is 5.06 Å². The molecule has 0 aromatic rings. The molecular weight excluding hydrogens is 154 g/mol. The molecule has 0 N–H and O–H groups in total. The monoisotopic (exact) mass is 171 g/mol. The first-order valence-electron chi connectivity index (χ1n) is 4.33. The third-order valence-electron chi connectivity index (χ3n) is 1.50. The first-order chi connectivity index (χ1) is 5.74. The summed E-state index contributed by atoms with van der Waals surface area (Å²) in [6, 6.07) is 0. The highest BCUT2D eigenvalue weighted by Crippen LogP contribution is 1.96. The molecule has 0 bridgehead atoms. The predicted molar refractivity (Wildman–Crippen MR) is 48.4 cm³/mol. The Morgan fingerprint density at radius 3 is 2.67 bits per heavy atom. The summed E-state index contributed by atoms with van der Waals surface area (Å²) < 4.78 is 0. The maximum Gasteiger partial charge on any atom is 0.349 e. The van der Waals surface area contributed by atoms with Gasteiger partial charge in [-0.25, -0.2) is 4.79 Å². The zero-order valence-electron chi connectivity index (χ0n) is 7.88. The maximum absolute atomic E-state index is 10.8. The lowest BCUT2D eigenvalue weighted by molar-refractivity contribution is -0.183. The molecule has 12 heavy (non-hydrogen) atoms. The molecule has 0 aromatic carbocycles. The van der Waals surface area contributed by atoms with E-state index in [0.717, 1.165) is 25.9 Å². The van der Waals surface area contributed by atoms with Crippen molar-refractivity contribution in [1.29, 1.82) is 0 Å². The summed E-state index contributed by atoms with van der Waals surface area (Å²) in [6.07, 6.45) is 3.31. The second-order valence-electron chi connectivity index (χ2n) is 2.49. The number of carbonyl (C=O) groups is 1. The van der Waals surface area contributed by atoms with Gasteiger partial charge in [-0.3, -0.25) is 0 Å². The van der Waals surface area contributed by atoms with E-state index in [1.54, 1.807) is 5.06 Å². The van der Waals surface area contributed by atoms with Crippen molar-refractivity contribution >= 4 is 5.97 Å². The number of nitrogens with zero attached hydrogens (tertiary/aromatic N) is 1. The van der Waals surface area contributed by atoms with E-state index in [1.807, 2.05) is 6.92 Å². The zero-order valence-corrected chi connectivity index (χ0v) is 7.88. The first-order valence-corrected chi connectivity index (χ1v) is 4.33. The fourth-order valence-corrected chi connectivity index (χ4v) is 0.767. The van der Waals surface area contributed by atoms with E-state index in [1.165, 1.54) is 6.08 Å². The van der Waals surface area contributed by atoms with Crippen LogP contribution in [0, 0.1) is 0 Å². The lowest BCUT2D eigenvalue weighted by Crippen LogP contribution is -2.27. The summed E-state index contributed by atoms with van der Waals surface area (Å²) in [5, 5.41) is 1.65. The van der Waals surface area contributed by atoms with E-state index in [-0.39, 0.29) is 5.97 Å². The lowest BCUT2D eigenvalue weighted by Gasteiger charge is -2.17. The molecule has 0 fully saturated rings. The molecule has 0 rings (SSSR count). The van der Waals surface area contributed by atoms with Crippen LogP contribution in [0.4, 0.5) is 0 Å². The molecule has 70 valence electrons. The Balaban J connectivity index is 3.66. The van der Waals surface area contributed by atoms with Crippen LogP contribution in [0.2, 0.25) is 0 Å². The van der Waals surface area contributed by atoms with E-state index in [4.69, 9.17) is 4.84 Å². The van der Waals surface area contributed by atoms with Gasteiger partial charge in [-0.2, -0.15) is 0 Å². The van der Waals surface area contributed by atoms with Crippen LogP contribution in [0.3, 0.4) is 0 Å². The van der Waals surface area contributed by atoms with Crippen molar-refractivity contribution in [2.75, 3.05) is 13.1 Å². The van der Waals surface area contributed by atoms with Crippen LogP contribution in [-0.2, 0) is 9.63 Å². The highest BCUT2D eigenvalue weighted by atomic mass is 16.7. The average Bonchev–Trinajstić information content (AvgIpc) is 2.11. The predicted octanol–water partition coefficient (Wildman–Crippen LogP) is 1.75. The smallest absolute Gasteiger partial charge is 0.349 e. The van der Waals surface area contributed by atoms with Gasteiger partial charge in [0.1, 0.15) is 0 Å². The fraction of sp³-hybridized carbons (Fsp3) is 0.667. The van der Waals surface area contributed by atoms with Gasteiger partial charge in [-0.1, -0.05) is 19.9 Å². The van der Waals surface area contributed by atoms with Gasteiger partial charge in [0.25, 0.3) is 0 Å². The standard InChI is InChI=1S/C9H17NO2/c1-4-7-8-10(6-3)12-9(11)5-2/h5H,2,4,6-8H2,1,3H3. The average molecular weight is 171 g/mol. The van der Waals surface area contributed by atoms with Gasteiger partial charge in [0.2, 0.25) is 0 Å². The second-order valence-corrected chi connectivity index (χ2v) is 2.49. The Morgan fingerprint density at radius 1 is 1.58 bits per heavy atom. The second kappa shape index (κ2) is 6.85. The van der Waals surface area contributed by atoms with Crippen molar-refractivity contribution in [1.82, 2.24) is 5.06 Å². The molecule has 0 radical (unpaired) electrons. The number of hydrogen-bond donors (Lipinski definition) is 0. The summed E-state index contributed by atoms with van der Waals surface area (Å²) >= 11 is 0. The molecule has 0 atom stereocenters. The highest BCUT2D eigenvalue weighted by molar-refractivity contribution is 5.80. The molecule has 0 saturated heterocycles. The Morgan fingerprint density at radius 2 is 2.25 bits per heavy atom. The van der Waals surface area contributed by atoms with Gasteiger partial charge in [0.15, 0.2) is 0 Å². The van der Waals surface area contributed by atoms with E-state index in [9.17, 15) is 4.79 Å². The SMILES string of the molecule is C=CC(=O)ON(CC)CCCC. The highest BCUT2D eigenvalue weighted by Gasteiger charge is 2.05. The third kappa shape index (κ3) is 4.91. The summed E-state index contributed by atoms with van der Waals surface area (Å²) in [5.41, 5.74) is 0. The molecule has 0 heterocycles. The minimum atomic E-state index is -0.382. The molecule has 0 aliphatic carbocycles. The van der Waals surface area contributed by atoms with Crippen molar-refractivity contribution in [2.24, 2.45) is 0 Å². The topological polar surface area (TPSA) is 29.5 Å². The van der Waals surface area contributed by atoms with Crippen LogP contribution in [0.25, 0.3) is 0 Å². The van der Waals surface area contributed by atoms with E-state index in [0.29, 0.717) is 0 Å². The normalized spacial score (nSPS) is 9.92. The third-order valence-corrected chi connectivity index (χ3v) is 1.50. The Bertz CT molecular complexity index is 145. The van der Waals surface area contributed by atoms with Crippen molar-refractivity contribution in [2.45, 2.75) is 26.7 Å². The number of hydrogen-bond acceptors (Lipinski definition) is 3. The quantitative estimate of drug-likeness (QED) is 0.450. The van der Waals surface area contributed by atoms with Crippen molar-refractivity contribution < 1.29 is 9.63 Å². The Hall–Kier alpha value is -0.830. The number of hydroxylamine groups is 2. The molecule has 3 nitrogen and oxygen atoms in total. The molecule has 0 spiro atoms. The van der Waals surface area contributed by atoms with Crippen molar-refractivity contribution in [3.05, 3.63) is 12.7 Å². The summed E-state index contributed by atoms with van der Waals surface area (Å²) in [6.45, 7) is 8.90. The van der Waals surface area contributed by atoms with Gasteiger partial charge in [-0.05, 0) is 13.3 Å². The largest absolute Gasteiger partial charge is 0.364 e. The van der Waals surface area contributed by atoms with Crippen LogP contribution < -0.4 is 0 Å². The first kappa shape index (κ1) is 11.2. The zero-order chi connectivity index (χ0) is 9.40. The summed E-state index contributed by atoms with van der Waals surface area (Å²) in [7, 11) is 0. The van der Waals surface area contributed by atoms with Crippen LogP contribution >= 0.6 is 0 Å². The van der Waals surface area contributed by atoms with Crippen LogP contribution in [0.15, 0.2) is 12.7 Å². The van der Waals surface area contributed by atoms with E-state index in [2.05, 4.69) is 13.5 Å². The molecule has 0 aliphatic heterocycles. The van der Waals surface area contributed by atoms with E-state index >= 15 is 0 Å². The minimum absolute atomic E-state index is 0.382. The molecule has 0 amide bonds. The lowest BCUT2D eigenvalue weighted by atomic mass is 10.3. The van der Waals surface area contributed by atoms with Crippen LogP contribution in [0.5, 0.6) is 0 Å². The number of unbranched alkanes of at least 4 members (excludes halogenated alkanes) is 1. The van der Waals surface area contributed by atoms with Crippen molar-refractivity contribution in [3.63, 3.8) is 0 Å². The Kier molecular flexibility index (Phi) is 6.38. The van der Waals surface area contributed by atoms with Crippen LogP contribution in [0.1, 0.15) is 26.7 Å². The maximum atomic E-state index is 10.8. The summed E-state index contributed by atoms with van der Waals surface area (Å²) in [4.78, 5) is 15.7. The van der Waals surface area contributed by atoms with Gasteiger partial charge >= 0.3 is 5.97 Å². The molecule has 0 aromatic heterocycles. The number of carbonyl (C=O) groups excluding carboxylic acids is 1.